The zero-order valence-corrected chi connectivity index (χ0v) is 24.4. The van der Waals surface area contributed by atoms with Gasteiger partial charge in [-0.1, -0.05) is 25.6 Å². The molecule has 0 aliphatic rings. The first-order valence-electron chi connectivity index (χ1n) is 13.4. The molecule has 2 atom stereocenters. The number of nitrogens with one attached hydrogen (secondary N) is 2. The van der Waals surface area contributed by atoms with Crippen LogP contribution < -0.4 is 15.4 Å². The van der Waals surface area contributed by atoms with E-state index in [1.807, 2.05) is 46.8 Å². The van der Waals surface area contributed by atoms with Gasteiger partial charge in [0.2, 0.25) is 0 Å². The minimum absolute atomic E-state index is 0.178. The van der Waals surface area contributed by atoms with Crippen LogP contribution >= 0.6 is 0 Å². The lowest BCUT2D eigenvalue weighted by Crippen LogP contribution is -2.43. The van der Waals surface area contributed by atoms with E-state index in [4.69, 9.17) is 9.47 Å². The molecule has 7 heteroatoms. The Morgan fingerprint density at radius 1 is 0.973 bits per heavy atom. The van der Waals surface area contributed by atoms with Crippen LogP contribution in [-0.2, 0) is 4.74 Å². The number of aliphatic hydroxyl groups is 3. The number of allylic oxidation sites excluding steroid dienone is 3. The molecule has 0 aliphatic carbocycles. The summed E-state index contributed by atoms with van der Waals surface area (Å²) in [4.78, 5) is 0. The summed E-state index contributed by atoms with van der Waals surface area (Å²) in [5, 5.41) is 36.2. The Hall–Kier alpha value is -1.90. The molecule has 212 valence electrons. The number of ether oxygens (including phenoxy) is 2. The predicted molar refractivity (Wildman–Crippen MR) is 153 cm³/mol. The molecule has 5 N–H and O–H groups in total. The topological polar surface area (TPSA) is 103 Å². The molecule has 0 heterocycles. The minimum Gasteiger partial charge on any atom is -0.498 e. The summed E-state index contributed by atoms with van der Waals surface area (Å²) in [5.41, 5.74) is 2.20. The molecule has 1 aromatic carbocycles. The van der Waals surface area contributed by atoms with Crippen LogP contribution in [0.2, 0.25) is 0 Å². The molecule has 0 fully saturated rings. The average Bonchev–Trinajstić information content (AvgIpc) is 2.81. The van der Waals surface area contributed by atoms with E-state index in [1.54, 1.807) is 13.8 Å². The van der Waals surface area contributed by atoms with Crippen LogP contribution in [0.25, 0.3) is 5.57 Å². The van der Waals surface area contributed by atoms with E-state index in [0.29, 0.717) is 26.3 Å². The first kappa shape index (κ1) is 33.1. The lowest BCUT2D eigenvalue weighted by Gasteiger charge is -2.26. The molecule has 0 radical (unpaired) electrons. The maximum atomic E-state index is 10.0. The number of benzene rings is 1. The van der Waals surface area contributed by atoms with E-state index < -0.39 is 17.3 Å². The molecule has 0 saturated heterocycles. The van der Waals surface area contributed by atoms with Crippen molar-refractivity contribution >= 4 is 5.57 Å². The maximum Gasteiger partial charge on any atom is 0.122 e. The molecule has 0 amide bonds. The van der Waals surface area contributed by atoms with E-state index in [9.17, 15) is 15.3 Å². The van der Waals surface area contributed by atoms with Crippen LogP contribution in [0.15, 0.2) is 36.1 Å². The summed E-state index contributed by atoms with van der Waals surface area (Å²) < 4.78 is 12.0. The highest BCUT2D eigenvalue weighted by Gasteiger charge is 2.23. The van der Waals surface area contributed by atoms with Crippen LogP contribution in [0.3, 0.4) is 0 Å². The van der Waals surface area contributed by atoms with E-state index in [1.165, 1.54) is 0 Å². The van der Waals surface area contributed by atoms with Gasteiger partial charge in [-0.3, -0.25) is 0 Å². The largest absolute Gasteiger partial charge is 0.498 e. The Kier molecular flexibility index (Phi) is 13.9. The Morgan fingerprint density at radius 2 is 1.57 bits per heavy atom. The summed E-state index contributed by atoms with van der Waals surface area (Å²) >= 11 is 0. The van der Waals surface area contributed by atoms with Crippen LogP contribution in [0.4, 0.5) is 0 Å². The fourth-order valence-corrected chi connectivity index (χ4v) is 3.48. The van der Waals surface area contributed by atoms with Crippen molar-refractivity contribution in [2.45, 2.75) is 85.5 Å². The van der Waals surface area contributed by atoms with Gasteiger partial charge in [0.05, 0.1) is 36.3 Å². The van der Waals surface area contributed by atoms with Gasteiger partial charge in [-0.25, -0.2) is 0 Å². The summed E-state index contributed by atoms with van der Waals surface area (Å²) in [6, 6.07) is 6.03. The van der Waals surface area contributed by atoms with Crippen LogP contribution in [0.1, 0.15) is 72.4 Å². The Balaban J connectivity index is 2.52. The molecule has 37 heavy (non-hydrogen) atoms. The van der Waals surface area contributed by atoms with E-state index in [0.717, 1.165) is 59.7 Å². The highest BCUT2D eigenvalue weighted by molar-refractivity contribution is 5.79. The van der Waals surface area contributed by atoms with Gasteiger partial charge in [-0.15, -0.1) is 0 Å². The van der Waals surface area contributed by atoms with Gasteiger partial charge in [0, 0.05) is 13.1 Å². The maximum absolute atomic E-state index is 10.0. The summed E-state index contributed by atoms with van der Waals surface area (Å²) in [6.45, 7) is 23.0. The van der Waals surface area contributed by atoms with Crippen LogP contribution in [-0.4, -0.2) is 72.0 Å². The standard InChI is InChI=1S/C30H52N2O5/c1-21(29(6,7)34)19-31-15-12-18-37-27-14-10-13-26(24(27)4)23(3)22(2)25(5)36-17-11-16-32-20-28(33)30(8,9)35/h10,13-14,21,28,31-35H,3,11-12,15-20H2,1-2,4-9H3/b25-22+. The quantitative estimate of drug-likeness (QED) is 0.112. The zero-order chi connectivity index (χ0) is 28.2. The smallest absolute Gasteiger partial charge is 0.122 e. The first-order valence-corrected chi connectivity index (χ1v) is 13.4. The van der Waals surface area contributed by atoms with E-state index in [-0.39, 0.29) is 5.92 Å². The van der Waals surface area contributed by atoms with Crippen molar-refractivity contribution in [1.82, 2.24) is 10.6 Å². The molecule has 0 aromatic heterocycles. The monoisotopic (exact) mass is 520 g/mol. The molecule has 0 saturated carbocycles. The van der Waals surface area contributed by atoms with Gasteiger partial charge in [-0.05, 0) is 109 Å². The molecule has 1 aromatic rings. The normalized spacial score (nSPS) is 14.7. The average molecular weight is 521 g/mol. The van der Waals surface area contributed by atoms with E-state index in [2.05, 4.69) is 30.2 Å². The number of hydrogen-bond donors (Lipinski definition) is 5. The second kappa shape index (κ2) is 15.5. The third-order valence-electron chi connectivity index (χ3n) is 6.97. The van der Waals surface area contributed by atoms with Crippen molar-refractivity contribution in [3.05, 3.63) is 47.2 Å². The third kappa shape index (κ3) is 12.0. The van der Waals surface area contributed by atoms with E-state index >= 15 is 0 Å². The summed E-state index contributed by atoms with van der Waals surface area (Å²) in [5.74, 6) is 1.87. The molecular weight excluding hydrogens is 468 g/mol. The van der Waals surface area contributed by atoms with Crippen molar-refractivity contribution in [2.24, 2.45) is 5.92 Å². The van der Waals surface area contributed by atoms with Crippen molar-refractivity contribution in [1.29, 1.82) is 0 Å². The van der Waals surface area contributed by atoms with Crippen molar-refractivity contribution in [3.63, 3.8) is 0 Å². The highest BCUT2D eigenvalue weighted by atomic mass is 16.5. The molecule has 7 nitrogen and oxygen atoms in total. The third-order valence-corrected chi connectivity index (χ3v) is 6.97. The molecule has 1 rings (SSSR count). The number of aliphatic hydroxyl groups excluding tert-OH is 1. The second-order valence-electron chi connectivity index (χ2n) is 11.1. The molecule has 0 aliphatic heterocycles. The van der Waals surface area contributed by atoms with Gasteiger partial charge >= 0.3 is 0 Å². The van der Waals surface area contributed by atoms with Gasteiger partial charge in [0.25, 0.3) is 0 Å². The van der Waals surface area contributed by atoms with Crippen molar-refractivity contribution in [2.75, 3.05) is 39.4 Å². The van der Waals surface area contributed by atoms with Crippen LogP contribution in [0.5, 0.6) is 5.75 Å². The second-order valence-corrected chi connectivity index (χ2v) is 11.1. The Bertz CT molecular complexity index is 868. The Morgan fingerprint density at radius 3 is 2.16 bits per heavy atom. The number of hydrogen-bond acceptors (Lipinski definition) is 7. The lowest BCUT2D eigenvalue weighted by atomic mass is 9.93. The lowest BCUT2D eigenvalue weighted by molar-refractivity contribution is -0.0461. The highest BCUT2D eigenvalue weighted by Crippen LogP contribution is 2.31. The minimum atomic E-state index is -1.12. The predicted octanol–water partition coefficient (Wildman–Crippen LogP) is 4.20. The molecule has 0 bridgehead atoms. The summed E-state index contributed by atoms with van der Waals surface area (Å²) in [6.07, 6.45) is 0.845. The van der Waals surface area contributed by atoms with Gasteiger partial charge in [0.15, 0.2) is 0 Å². The Labute approximate surface area is 225 Å². The van der Waals surface area contributed by atoms with Gasteiger partial charge in [0.1, 0.15) is 5.75 Å². The first-order chi connectivity index (χ1) is 17.2. The van der Waals surface area contributed by atoms with Gasteiger partial charge < -0.3 is 35.4 Å². The number of rotatable bonds is 18. The zero-order valence-electron chi connectivity index (χ0n) is 24.4. The summed E-state index contributed by atoms with van der Waals surface area (Å²) in [7, 11) is 0. The fourth-order valence-electron chi connectivity index (χ4n) is 3.48. The van der Waals surface area contributed by atoms with Crippen molar-refractivity contribution < 1.29 is 24.8 Å². The molecule has 2 unspecified atom stereocenters. The SMILES string of the molecule is C=C(/C(C)=C(\C)OCCCNCC(O)C(C)(C)O)c1cccc(OCCCNCC(C)C(C)(C)O)c1C. The molecule has 0 spiro atoms. The van der Waals surface area contributed by atoms with Crippen LogP contribution in [0, 0.1) is 12.8 Å². The fraction of sp³-hybridized carbons (Fsp3) is 0.667. The van der Waals surface area contributed by atoms with Gasteiger partial charge in [-0.2, -0.15) is 0 Å². The van der Waals surface area contributed by atoms with Crippen molar-refractivity contribution in [3.8, 4) is 5.75 Å². The molecular formula is C30H52N2O5.